The molecule has 102 valence electrons. The van der Waals surface area contributed by atoms with E-state index in [4.69, 9.17) is 5.73 Å². The van der Waals surface area contributed by atoms with Gasteiger partial charge in [-0.25, -0.2) is 9.97 Å². The second-order valence-corrected chi connectivity index (χ2v) is 8.00. The highest BCUT2D eigenvalue weighted by molar-refractivity contribution is 8.00. The highest BCUT2D eigenvalue weighted by Crippen LogP contribution is 2.39. The largest absolute Gasteiger partial charge is 0.368 e. The van der Waals surface area contributed by atoms with Crippen LogP contribution in [0.4, 0.5) is 5.95 Å². The van der Waals surface area contributed by atoms with Crippen molar-refractivity contribution in [3.05, 3.63) is 10.9 Å². The summed E-state index contributed by atoms with van der Waals surface area (Å²) >= 11 is 3.60. The molecule has 2 heterocycles. The summed E-state index contributed by atoms with van der Waals surface area (Å²) in [5.41, 5.74) is 5.84. The van der Waals surface area contributed by atoms with Crippen LogP contribution in [0.5, 0.6) is 0 Å². The topological polar surface area (TPSA) is 51.8 Å². The molecule has 2 aromatic heterocycles. The van der Waals surface area contributed by atoms with Gasteiger partial charge in [0.05, 0.1) is 0 Å². The van der Waals surface area contributed by atoms with E-state index in [9.17, 15) is 0 Å². The Morgan fingerprint density at radius 2 is 2.21 bits per heavy atom. The number of anilines is 1. The number of nitrogen functional groups attached to an aromatic ring is 1. The molecule has 2 atom stereocenters. The van der Waals surface area contributed by atoms with Crippen molar-refractivity contribution in [2.24, 2.45) is 5.92 Å². The van der Waals surface area contributed by atoms with E-state index < -0.39 is 0 Å². The fraction of sp³-hybridized carbons (Fsp3) is 0.571. The van der Waals surface area contributed by atoms with Gasteiger partial charge in [-0.2, -0.15) is 0 Å². The Labute approximate surface area is 122 Å². The molecule has 0 radical (unpaired) electrons. The molecule has 0 spiro atoms. The summed E-state index contributed by atoms with van der Waals surface area (Å²) in [6.45, 7) is 4.46. The summed E-state index contributed by atoms with van der Waals surface area (Å²) in [6, 6.07) is 2.19. The molecule has 1 fully saturated rings. The number of nitrogens with two attached hydrogens (primary N) is 1. The summed E-state index contributed by atoms with van der Waals surface area (Å²) in [7, 11) is 0. The summed E-state index contributed by atoms with van der Waals surface area (Å²) in [4.78, 5) is 11.1. The van der Waals surface area contributed by atoms with E-state index in [1.165, 1.54) is 35.9 Å². The van der Waals surface area contributed by atoms with E-state index in [1.807, 2.05) is 11.8 Å². The van der Waals surface area contributed by atoms with E-state index in [2.05, 4.69) is 29.9 Å². The van der Waals surface area contributed by atoms with E-state index >= 15 is 0 Å². The molecule has 2 unspecified atom stereocenters. The SMILES string of the molecule is Cc1cc2c(SC3CCCC(C)C3)nc(N)nc2s1. The van der Waals surface area contributed by atoms with Gasteiger partial charge in [-0.15, -0.1) is 23.1 Å². The third-order valence-corrected chi connectivity index (χ3v) is 5.91. The standard InChI is InChI=1S/C14H19N3S2/c1-8-4-3-5-10(6-8)19-13-11-7-9(2)18-12(11)16-14(15)17-13/h7-8,10H,3-6H2,1-2H3,(H2,15,16,17). The Bertz CT molecular complexity index is 594. The minimum absolute atomic E-state index is 0.403. The van der Waals surface area contributed by atoms with Crippen molar-refractivity contribution in [3.8, 4) is 0 Å². The monoisotopic (exact) mass is 293 g/mol. The molecular weight excluding hydrogens is 274 g/mol. The summed E-state index contributed by atoms with van der Waals surface area (Å²) in [5.74, 6) is 1.24. The van der Waals surface area contributed by atoms with Gasteiger partial charge in [0, 0.05) is 15.5 Å². The van der Waals surface area contributed by atoms with Crippen LogP contribution in [0.2, 0.25) is 0 Å². The second kappa shape index (κ2) is 5.29. The lowest BCUT2D eigenvalue weighted by Crippen LogP contribution is -2.15. The molecule has 0 bridgehead atoms. The molecule has 0 amide bonds. The zero-order chi connectivity index (χ0) is 13.4. The summed E-state index contributed by atoms with van der Waals surface area (Å²) in [5, 5.41) is 2.94. The average Bonchev–Trinajstić information content (AvgIpc) is 2.69. The van der Waals surface area contributed by atoms with Crippen LogP contribution in [0, 0.1) is 12.8 Å². The minimum atomic E-state index is 0.403. The fourth-order valence-corrected chi connectivity index (χ4v) is 5.17. The van der Waals surface area contributed by atoms with Crippen molar-refractivity contribution >= 4 is 39.3 Å². The van der Waals surface area contributed by atoms with Gasteiger partial charge in [0.25, 0.3) is 0 Å². The van der Waals surface area contributed by atoms with Crippen molar-refractivity contribution in [3.63, 3.8) is 0 Å². The Kier molecular flexibility index (Phi) is 3.67. The number of thioether (sulfide) groups is 1. The zero-order valence-electron chi connectivity index (χ0n) is 11.3. The molecule has 0 aliphatic heterocycles. The quantitative estimate of drug-likeness (QED) is 0.841. The van der Waals surface area contributed by atoms with Crippen LogP contribution in [0.3, 0.4) is 0 Å². The normalized spacial score (nSPS) is 23.9. The highest BCUT2D eigenvalue weighted by atomic mass is 32.2. The van der Waals surface area contributed by atoms with Crippen LogP contribution in [0.25, 0.3) is 10.2 Å². The summed E-state index contributed by atoms with van der Waals surface area (Å²) in [6.07, 6.45) is 5.30. The van der Waals surface area contributed by atoms with Crippen molar-refractivity contribution in [1.29, 1.82) is 0 Å². The van der Waals surface area contributed by atoms with Crippen molar-refractivity contribution < 1.29 is 0 Å². The molecule has 2 aromatic rings. The predicted octanol–water partition coefficient (Wildman–Crippen LogP) is 4.25. The predicted molar refractivity (Wildman–Crippen MR) is 83.8 cm³/mol. The lowest BCUT2D eigenvalue weighted by molar-refractivity contribution is 0.394. The maximum atomic E-state index is 5.84. The smallest absolute Gasteiger partial charge is 0.222 e. The number of hydrogen-bond donors (Lipinski definition) is 1. The van der Waals surface area contributed by atoms with Gasteiger partial charge in [-0.1, -0.05) is 19.8 Å². The number of nitrogens with zero attached hydrogens (tertiary/aromatic N) is 2. The molecule has 3 rings (SSSR count). The van der Waals surface area contributed by atoms with E-state index in [0.717, 1.165) is 15.8 Å². The van der Waals surface area contributed by atoms with Gasteiger partial charge in [-0.05, 0) is 31.7 Å². The van der Waals surface area contributed by atoms with Crippen molar-refractivity contribution in [2.75, 3.05) is 5.73 Å². The van der Waals surface area contributed by atoms with Crippen LogP contribution < -0.4 is 5.73 Å². The maximum absolute atomic E-state index is 5.84. The molecule has 2 N–H and O–H groups in total. The molecule has 0 aromatic carbocycles. The molecule has 3 nitrogen and oxygen atoms in total. The maximum Gasteiger partial charge on any atom is 0.222 e. The number of fused-ring (bicyclic) bond motifs is 1. The molecular formula is C14H19N3S2. The van der Waals surface area contributed by atoms with Crippen molar-refractivity contribution in [1.82, 2.24) is 9.97 Å². The second-order valence-electron chi connectivity index (χ2n) is 5.47. The first-order chi connectivity index (χ1) is 9.11. The van der Waals surface area contributed by atoms with Gasteiger partial charge < -0.3 is 5.73 Å². The van der Waals surface area contributed by atoms with E-state index in [1.54, 1.807) is 11.3 Å². The van der Waals surface area contributed by atoms with Gasteiger partial charge in [-0.3, -0.25) is 0 Å². The van der Waals surface area contributed by atoms with Gasteiger partial charge in [0.2, 0.25) is 5.95 Å². The first-order valence-corrected chi connectivity index (χ1v) is 8.52. The van der Waals surface area contributed by atoms with Crippen LogP contribution in [-0.4, -0.2) is 15.2 Å². The Morgan fingerprint density at radius 3 is 3.00 bits per heavy atom. The molecule has 1 aliphatic carbocycles. The third kappa shape index (κ3) is 2.87. The van der Waals surface area contributed by atoms with Crippen LogP contribution >= 0.6 is 23.1 Å². The van der Waals surface area contributed by atoms with E-state index in [0.29, 0.717) is 11.2 Å². The lowest BCUT2D eigenvalue weighted by Gasteiger charge is -2.25. The number of thiophene rings is 1. The highest BCUT2D eigenvalue weighted by Gasteiger charge is 2.22. The minimum Gasteiger partial charge on any atom is -0.368 e. The number of aromatic nitrogens is 2. The molecule has 0 saturated heterocycles. The van der Waals surface area contributed by atoms with Gasteiger partial charge >= 0.3 is 0 Å². The first kappa shape index (κ1) is 13.2. The number of hydrogen-bond acceptors (Lipinski definition) is 5. The van der Waals surface area contributed by atoms with Crippen LogP contribution in [0.15, 0.2) is 11.1 Å². The number of aryl methyl sites for hydroxylation is 1. The molecule has 5 heteroatoms. The van der Waals surface area contributed by atoms with Crippen LogP contribution in [-0.2, 0) is 0 Å². The molecule has 19 heavy (non-hydrogen) atoms. The van der Waals surface area contributed by atoms with Gasteiger partial charge in [0.1, 0.15) is 9.86 Å². The fourth-order valence-electron chi connectivity index (χ4n) is 2.76. The average molecular weight is 293 g/mol. The Morgan fingerprint density at radius 1 is 1.37 bits per heavy atom. The molecule has 1 aliphatic rings. The van der Waals surface area contributed by atoms with Crippen molar-refractivity contribution in [2.45, 2.75) is 49.8 Å². The lowest BCUT2D eigenvalue weighted by atomic mass is 9.91. The van der Waals surface area contributed by atoms with Gasteiger partial charge in [0.15, 0.2) is 0 Å². The zero-order valence-corrected chi connectivity index (χ0v) is 13.0. The number of rotatable bonds is 2. The Balaban J connectivity index is 1.91. The Hall–Kier alpha value is -0.810. The van der Waals surface area contributed by atoms with E-state index in [-0.39, 0.29) is 0 Å². The third-order valence-electron chi connectivity index (χ3n) is 3.66. The molecule has 1 saturated carbocycles. The summed E-state index contributed by atoms with van der Waals surface area (Å²) < 4.78 is 0. The first-order valence-electron chi connectivity index (χ1n) is 6.82. The van der Waals surface area contributed by atoms with Crippen LogP contribution in [0.1, 0.15) is 37.5 Å².